The number of rotatable bonds is 3. The molecule has 0 radical (unpaired) electrons. The third kappa shape index (κ3) is 2.13. The molecule has 0 spiro atoms. The first kappa shape index (κ1) is 10.8. The van der Waals surface area contributed by atoms with Crippen LogP contribution in [0, 0.1) is 12.8 Å². The summed E-state index contributed by atoms with van der Waals surface area (Å²) in [5, 5.41) is 4.16. The Balaban J connectivity index is 2.74. The van der Waals surface area contributed by atoms with Crippen molar-refractivity contribution in [3.63, 3.8) is 0 Å². The minimum Gasteiger partial charge on any atom is -0.469 e. The molecule has 1 rings (SSSR count). The molecule has 1 aromatic rings. The summed E-state index contributed by atoms with van der Waals surface area (Å²) in [5.41, 5.74) is 1.09. The molecule has 0 fully saturated rings. The standard InChI is InChI=1S/C10H16N2O2/c1-7-5-11-12(6-7)9(3)8(2)10(13)14-4/h5-6,8-9H,1-4H3. The number of esters is 1. The quantitative estimate of drug-likeness (QED) is 0.689. The number of hydrogen-bond acceptors (Lipinski definition) is 3. The highest BCUT2D eigenvalue weighted by atomic mass is 16.5. The molecule has 0 aliphatic carbocycles. The minimum absolute atomic E-state index is 0.0242. The van der Waals surface area contributed by atoms with Crippen LogP contribution in [0.5, 0.6) is 0 Å². The molecule has 4 nitrogen and oxygen atoms in total. The Kier molecular flexibility index (Phi) is 3.28. The maximum Gasteiger partial charge on any atom is 0.310 e. The van der Waals surface area contributed by atoms with Crippen molar-refractivity contribution in [2.24, 2.45) is 5.92 Å². The summed E-state index contributed by atoms with van der Waals surface area (Å²) >= 11 is 0. The van der Waals surface area contributed by atoms with Gasteiger partial charge in [0, 0.05) is 6.20 Å². The van der Waals surface area contributed by atoms with Crippen LogP contribution in [0.25, 0.3) is 0 Å². The van der Waals surface area contributed by atoms with Crippen LogP contribution in [0.1, 0.15) is 25.5 Å². The van der Waals surface area contributed by atoms with E-state index in [1.165, 1.54) is 7.11 Å². The summed E-state index contributed by atoms with van der Waals surface area (Å²) in [5.74, 6) is -0.384. The molecule has 0 aliphatic heterocycles. The van der Waals surface area contributed by atoms with Crippen molar-refractivity contribution in [3.8, 4) is 0 Å². The predicted molar refractivity (Wildman–Crippen MR) is 52.9 cm³/mol. The Hall–Kier alpha value is -1.32. The summed E-state index contributed by atoms with van der Waals surface area (Å²) in [6, 6.07) is 0.0242. The lowest BCUT2D eigenvalue weighted by Crippen LogP contribution is -2.23. The van der Waals surface area contributed by atoms with E-state index in [0.717, 1.165) is 5.56 Å². The average Bonchev–Trinajstić information content (AvgIpc) is 2.61. The molecule has 1 aromatic heterocycles. The first-order valence-electron chi connectivity index (χ1n) is 4.65. The van der Waals surface area contributed by atoms with Crippen LogP contribution in [0.2, 0.25) is 0 Å². The van der Waals surface area contributed by atoms with Crippen molar-refractivity contribution in [2.45, 2.75) is 26.8 Å². The Bertz CT molecular complexity index is 320. The smallest absolute Gasteiger partial charge is 0.310 e. The van der Waals surface area contributed by atoms with Gasteiger partial charge in [-0.05, 0) is 26.3 Å². The Morgan fingerprint density at radius 3 is 2.64 bits per heavy atom. The largest absolute Gasteiger partial charge is 0.469 e. The van der Waals surface area contributed by atoms with Crippen molar-refractivity contribution in [1.82, 2.24) is 9.78 Å². The van der Waals surface area contributed by atoms with E-state index in [0.29, 0.717) is 0 Å². The van der Waals surface area contributed by atoms with Crippen molar-refractivity contribution < 1.29 is 9.53 Å². The maximum atomic E-state index is 11.3. The number of carbonyl (C=O) groups excluding carboxylic acids is 1. The lowest BCUT2D eigenvalue weighted by Gasteiger charge is -2.17. The van der Waals surface area contributed by atoms with E-state index in [2.05, 4.69) is 9.84 Å². The molecule has 4 heteroatoms. The van der Waals surface area contributed by atoms with Crippen LogP contribution < -0.4 is 0 Å². The number of aromatic nitrogens is 2. The molecule has 2 atom stereocenters. The van der Waals surface area contributed by atoms with Gasteiger partial charge < -0.3 is 4.74 Å². The van der Waals surface area contributed by atoms with E-state index >= 15 is 0 Å². The highest BCUT2D eigenvalue weighted by molar-refractivity contribution is 5.72. The molecular formula is C10H16N2O2. The molecular weight excluding hydrogens is 180 g/mol. The monoisotopic (exact) mass is 196 g/mol. The van der Waals surface area contributed by atoms with Crippen LogP contribution in [0.15, 0.2) is 12.4 Å². The summed E-state index contributed by atoms with van der Waals surface area (Å²) in [7, 11) is 1.40. The normalized spacial score (nSPS) is 14.9. The molecule has 14 heavy (non-hydrogen) atoms. The second-order valence-corrected chi connectivity index (χ2v) is 3.55. The number of methoxy groups -OCH3 is 1. The number of carbonyl (C=O) groups is 1. The van der Waals surface area contributed by atoms with Crippen molar-refractivity contribution in [2.75, 3.05) is 7.11 Å². The number of hydrogen-bond donors (Lipinski definition) is 0. The highest BCUT2D eigenvalue weighted by Gasteiger charge is 2.22. The van der Waals surface area contributed by atoms with Gasteiger partial charge in [0.25, 0.3) is 0 Å². The molecule has 0 N–H and O–H groups in total. The Morgan fingerprint density at radius 1 is 1.57 bits per heavy atom. The average molecular weight is 196 g/mol. The summed E-state index contributed by atoms with van der Waals surface area (Å²) in [4.78, 5) is 11.3. The molecule has 0 aromatic carbocycles. The van der Waals surface area contributed by atoms with Gasteiger partial charge in [0.15, 0.2) is 0 Å². The van der Waals surface area contributed by atoms with E-state index in [4.69, 9.17) is 0 Å². The fourth-order valence-corrected chi connectivity index (χ4v) is 1.27. The van der Waals surface area contributed by atoms with Crippen molar-refractivity contribution in [1.29, 1.82) is 0 Å². The first-order chi connectivity index (χ1) is 6.56. The third-order valence-corrected chi connectivity index (χ3v) is 2.44. The van der Waals surface area contributed by atoms with Gasteiger partial charge in [0.1, 0.15) is 0 Å². The van der Waals surface area contributed by atoms with E-state index in [9.17, 15) is 4.79 Å². The van der Waals surface area contributed by atoms with Gasteiger partial charge in [0.05, 0.1) is 25.3 Å². The Labute approximate surface area is 83.9 Å². The van der Waals surface area contributed by atoms with Crippen molar-refractivity contribution >= 4 is 5.97 Å². The Morgan fingerprint density at radius 2 is 2.21 bits per heavy atom. The summed E-state index contributed by atoms with van der Waals surface area (Å²) in [6.07, 6.45) is 3.70. The fraction of sp³-hybridized carbons (Fsp3) is 0.600. The zero-order chi connectivity index (χ0) is 10.7. The SMILES string of the molecule is COC(=O)C(C)C(C)n1cc(C)cn1. The van der Waals surface area contributed by atoms with E-state index in [1.807, 2.05) is 27.0 Å². The van der Waals surface area contributed by atoms with Gasteiger partial charge in [0.2, 0.25) is 0 Å². The van der Waals surface area contributed by atoms with Crippen LogP contribution in [0.4, 0.5) is 0 Å². The van der Waals surface area contributed by atoms with Crippen LogP contribution >= 0.6 is 0 Å². The van der Waals surface area contributed by atoms with Gasteiger partial charge >= 0.3 is 5.97 Å². The van der Waals surface area contributed by atoms with Gasteiger partial charge in [-0.1, -0.05) is 0 Å². The molecule has 1 heterocycles. The minimum atomic E-state index is -0.203. The number of ether oxygens (including phenoxy) is 1. The number of aryl methyl sites for hydroxylation is 1. The highest BCUT2D eigenvalue weighted by Crippen LogP contribution is 2.17. The lowest BCUT2D eigenvalue weighted by molar-refractivity contribution is -0.146. The van der Waals surface area contributed by atoms with Gasteiger partial charge in [-0.25, -0.2) is 0 Å². The van der Waals surface area contributed by atoms with E-state index in [-0.39, 0.29) is 17.9 Å². The molecule has 0 aliphatic rings. The van der Waals surface area contributed by atoms with Crippen LogP contribution in [0.3, 0.4) is 0 Å². The predicted octanol–water partition coefficient (Wildman–Crippen LogP) is 1.56. The molecule has 0 saturated carbocycles. The molecule has 78 valence electrons. The first-order valence-corrected chi connectivity index (χ1v) is 4.65. The lowest BCUT2D eigenvalue weighted by atomic mass is 10.0. The summed E-state index contributed by atoms with van der Waals surface area (Å²) < 4.78 is 6.47. The van der Waals surface area contributed by atoms with Gasteiger partial charge in [-0.15, -0.1) is 0 Å². The molecule has 0 amide bonds. The van der Waals surface area contributed by atoms with Gasteiger partial charge in [-0.3, -0.25) is 9.48 Å². The van der Waals surface area contributed by atoms with Crippen LogP contribution in [-0.4, -0.2) is 22.9 Å². The topological polar surface area (TPSA) is 44.1 Å². The van der Waals surface area contributed by atoms with Gasteiger partial charge in [-0.2, -0.15) is 5.10 Å². The van der Waals surface area contributed by atoms with E-state index in [1.54, 1.807) is 10.9 Å². The molecule has 2 unspecified atom stereocenters. The second-order valence-electron chi connectivity index (χ2n) is 3.55. The third-order valence-electron chi connectivity index (χ3n) is 2.44. The van der Waals surface area contributed by atoms with Crippen LogP contribution in [-0.2, 0) is 9.53 Å². The van der Waals surface area contributed by atoms with Crippen molar-refractivity contribution in [3.05, 3.63) is 18.0 Å². The molecule has 0 saturated heterocycles. The number of nitrogens with zero attached hydrogens (tertiary/aromatic N) is 2. The second kappa shape index (κ2) is 4.26. The maximum absolute atomic E-state index is 11.3. The molecule has 0 bridgehead atoms. The zero-order valence-electron chi connectivity index (χ0n) is 9.02. The fourth-order valence-electron chi connectivity index (χ4n) is 1.27. The summed E-state index contributed by atoms with van der Waals surface area (Å²) in [6.45, 7) is 5.76. The zero-order valence-corrected chi connectivity index (χ0v) is 9.02. The van der Waals surface area contributed by atoms with E-state index < -0.39 is 0 Å².